The van der Waals surface area contributed by atoms with E-state index in [4.69, 9.17) is 0 Å². The number of nitrogens with one attached hydrogen (secondary N) is 2. The molecule has 0 spiro atoms. The van der Waals surface area contributed by atoms with Gasteiger partial charge in [0.1, 0.15) is 0 Å². The van der Waals surface area contributed by atoms with E-state index in [1.54, 1.807) is 0 Å². The van der Waals surface area contributed by atoms with Crippen molar-refractivity contribution in [3.8, 4) is 0 Å². The van der Waals surface area contributed by atoms with Crippen LogP contribution in [0.1, 0.15) is 20.3 Å². The van der Waals surface area contributed by atoms with Gasteiger partial charge in [-0.2, -0.15) is 0 Å². The van der Waals surface area contributed by atoms with Gasteiger partial charge < -0.3 is 5.32 Å². The first-order valence-electron chi connectivity index (χ1n) is 5.47. The molecule has 0 saturated carbocycles. The van der Waals surface area contributed by atoms with Crippen LogP contribution in [0, 0.1) is 0 Å². The average Bonchev–Trinajstić information content (AvgIpc) is 2.17. The maximum absolute atomic E-state index is 11.5. The summed E-state index contributed by atoms with van der Waals surface area (Å²) < 4.78 is 0. The number of carbonyl (C=O) groups excluding carboxylic acids is 2. The van der Waals surface area contributed by atoms with Crippen molar-refractivity contribution in [2.75, 3.05) is 26.2 Å². The van der Waals surface area contributed by atoms with Crippen molar-refractivity contribution >= 4 is 11.8 Å². The first kappa shape index (κ1) is 12.1. The zero-order valence-electron chi connectivity index (χ0n) is 9.38. The van der Waals surface area contributed by atoms with Crippen LogP contribution in [0.3, 0.4) is 0 Å². The first-order chi connectivity index (χ1) is 7.19. The molecule has 0 radical (unpaired) electrons. The molecule has 0 aliphatic carbocycles. The smallest absolute Gasteiger partial charge is 0.243 e. The Balaban J connectivity index is 2.49. The Kier molecular flexibility index (Phi) is 4.71. The Morgan fingerprint density at radius 2 is 2.20 bits per heavy atom. The molecule has 0 aromatic rings. The SMILES string of the molecule is CCNCCN1CC(=O)NC(=O)C1CC. The van der Waals surface area contributed by atoms with Gasteiger partial charge in [-0.25, -0.2) is 0 Å². The van der Waals surface area contributed by atoms with Crippen LogP contribution in [0.15, 0.2) is 0 Å². The Morgan fingerprint density at radius 3 is 2.80 bits per heavy atom. The number of amides is 2. The number of hydrogen-bond donors (Lipinski definition) is 2. The highest BCUT2D eigenvalue weighted by molar-refractivity contribution is 6.01. The number of nitrogens with zero attached hydrogens (tertiary/aromatic N) is 1. The third-order valence-electron chi connectivity index (χ3n) is 2.57. The molecule has 1 atom stereocenters. The molecule has 1 unspecified atom stereocenters. The summed E-state index contributed by atoms with van der Waals surface area (Å²) in [4.78, 5) is 24.6. The molecule has 1 rings (SSSR count). The van der Waals surface area contributed by atoms with Gasteiger partial charge in [0.25, 0.3) is 0 Å². The molecule has 1 fully saturated rings. The summed E-state index contributed by atoms with van der Waals surface area (Å²) in [7, 11) is 0. The molecule has 15 heavy (non-hydrogen) atoms. The Bertz CT molecular complexity index is 243. The molecule has 5 nitrogen and oxygen atoms in total. The number of rotatable bonds is 5. The molecule has 5 heteroatoms. The minimum absolute atomic E-state index is 0.152. The van der Waals surface area contributed by atoms with Gasteiger partial charge in [-0.1, -0.05) is 13.8 Å². The lowest BCUT2D eigenvalue weighted by atomic mass is 10.1. The zero-order valence-corrected chi connectivity index (χ0v) is 9.38. The minimum Gasteiger partial charge on any atom is -0.316 e. The molecule has 2 amide bonds. The molecular formula is C10H19N3O2. The van der Waals surface area contributed by atoms with E-state index in [0.29, 0.717) is 6.54 Å². The lowest BCUT2D eigenvalue weighted by Gasteiger charge is -2.33. The van der Waals surface area contributed by atoms with Crippen molar-refractivity contribution in [1.82, 2.24) is 15.5 Å². The summed E-state index contributed by atoms with van der Waals surface area (Å²) in [6.07, 6.45) is 0.741. The highest BCUT2D eigenvalue weighted by Crippen LogP contribution is 2.07. The van der Waals surface area contributed by atoms with E-state index in [2.05, 4.69) is 10.6 Å². The molecule has 1 heterocycles. The Morgan fingerprint density at radius 1 is 1.47 bits per heavy atom. The summed E-state index contributed by atoms with van der Waals surface area (Å²) in [6, 6.07) is -0.152. The predicted octanol–water partition coefficient (Wildman–Crippen LogP) is -0.667. The third kappa shape index (κ3) is 3.28. The average molecular weight is 213 g/mol. The number of imide groups is 1. The van der Waals surface area contributed by atoms with Crippen LogP contribution in [0.2, 0.25) is 0 Å². The number of hydrogen-bond acceptors (Lipinski definition) is 4. The van der Waals surface area contributed by atoms with Crippen LogP contribution in [0.4, 0.5) is 0 Å². The molecule has 2 N–H and O–H groups in total. The minimum atomic E-state index is -0.193. The summed E-state index contributed by atoms with van der Waals surface area (Å²) in [5, 5.41) is 5.55. The van der Waals surface area contributed by atoms with E-state index in [1.807, 2.05) is 18.7 Å². The van der Waals surface area contributed by atoms with Crippen LogP contribution in [0.25, 0.3) is 0 Å². The fourth-order valence-corrected chi connectivity index (χ4v) is 1.80. The quantitative estimate of drug-likeness (QED) is 0.470. The Labute approximate surface area is 90.2 Å². The van der Waals surface area contributed by atoms with Gasteiger partial charge in [0.15, 0.2) is 0 Å². The van der Waals surface area contributed by atoms with E-state index >= 15 is 0 Å². The maximum Gasteiger partial charge on any atom is 0.243 e. The van der Waals surface area contributed by atoms with Crippen molar-refractivity contribution in [2.24, 2.45) is 0 Å². The van der Waals surface area contributed by atoms with Crippen molar-refractivity contribution in [3.63, 3.8) is 0 Å². The van der Waals surface area contributed by atoms with E-state index < -0.39 is 0 Å². The van der Waals surface area contributed by atoms with Gasteiger partial charge in [0.05, 0.1) is 12.6 Å². The van der Waals surface area contributed by atoms with Crippen LogP contribution < -0.4 is 10.6 Å². The van der Waals surface area contributed by atoms with Crippen LogP contribution in [-0.2, 0) is 9.59 Å². The number of carbonyl (C=O) groups is 2. The van der Waals surface area contributed by atoms with Gasteiger partial charge in [0, 0.05) is 13.1 Å². The fourth-order valence-electron chi connectivity index (χ4n) is 1.80. The van der Waals surface area contributed by atoms with Gasteiger partial charge in [-0.15, -0.1) is 0 Å². The van der Waals surface area contributed by atoms with Crippen LogP contribution in [0.5, 0.6) is 0 Å². The topological polar surface area (TPSA) is 61.4 Å². The molecular weight excluding hydrogens is 194 g/mol. The standard InChI is InChI=1S/C10H19N3O2/c1-3-8-10(15)12-9(14)7-13(8)6-5-11-4-2/h8,11H,3-7H2,1-2H3,(H,12,14,15). The zero-order chi connectivity index (χ0) is 11.3. The summed E-state index contributed by atoms with van der Waals surface area (Å²) in [5.41, 5.74) is 0. The van der Waals surface area contributed by atoms with Gasteiger partial charge in [-0.05, 0) is 13.0 Å². The van der Waals surface area contributed by atoms with Crippen molar-refractivity contribution in [2.45, 2.75) is 26.3 Å². The molecule has 86 valence electrons. The van der Waals surface area contributed by atoms with Gasteiger partial charge in [-0.3, -0.25) is 19.8 Å². The second-order valence-corrected chi connectivity index (χ2v) is 3.66. The normalized spacial score (nSPS) is 22.9. The third-order valence-corrected chi connectivity index (χ3v) is 2.57. The highest BCUT2D eigenvalue weighted by atomic mass is 16.2. The van der Waals surface area contributed by atoms with E-state index in [1.165, 1.54) is 0 Å². The number of piperazine rings is 1. The highest BCUT2D eigenvalue weighted by Gasteiger charge is 2.31. The van der Waals surface area contributed by atoms with Gasteiger partial charge in [0.2, 0.25) is 11.8 Å². The summed E-state index contributed by atoms with van der Waals surface area (Å²) >= 11 is 0. The maximum atomic E-state index is 11.5. The molecule has 1 saturated heterocycles. The summed E-state index contributed by atoms with van der Waals surface area (Å²) in [6.45, 7) is 6.78. The van der Waals surface area contributed by atoms with Crippen LogP contribution >= 0.6 is 0 Å². The van der Waals surface area contributed by atoms with Gasteiger partial charge >= 0.3 is 0 Å². The van der Waals surface area contributed by atoms with E-state index in [0.717, 1.165) is 26.1 Å². The van der Waals surface area contributed by atoms with Crippen molar-refractivity contribution in [1.29, 1.82) is 0 Å². The predicted molar refractivity (Wildman–Crippen MR) is 57.3 cm³/mol. The van der Waals surface area contributed by atoms with Crippen molar-refractivity contribution in [3.05, 3.63) is 0 Å². The molecule has 0 aromatic carbocycles. The second-order valence-electron chi connectivity index (χ2n) is 3.66. The summed E-state index contributed by atoms with van der Waals surface area (Å²) in [5.74, 6) is -0.355. The molecule has 1 aliphatic rings. The monoisotopic (exact) mass is 213 g/mol. The largest absolute Gasteiger partial charge is 0.316 e. The van der Waals surface area contributed by atoms with E-state index in [9.17, 15) is 9.59 Å². The number of likely N-dealkylation sites (N-methyl/N-ethyl adjacent to an activating group) is 1. The van der Waals surface area contributed by atoms with Crippen LogP contribution in [-0.4, -0.2) is 48.9 Å². The molecule has 0 bridgehead atoms. The van der Waals surface area contributed by atoms with Crippen molar-refractivity contribution < 1.29 is 9.59 Å². The molecule has 1 aliphatic heterocycles. The Hall–Kier alpha value is -0.940. The lowest BCUT2D eigenvalue weighted by molar-refractivity contribution is -0.140. The lowest BCUT2D eigenvalue weighted by Crippen LogP contribution is -2.58. The first-order valence-corrected chi connectivity index (χ1v) is 5.47. The fraction of sp³-hybridized carbons (Fsp3) is 0.800. The molecule has 0 aromatic heterocycles. The second kappa shape index (κ2) is 5.82. The van der Waals surface area contributed by atoms with E-state index in [-0.39, 0.29) is 17.9 Å².